The van der Waals surface area contributed by atoms with E-state index < -0.39 is 23.7 Å². The molecule has 1 heterocycles. The molecule has 1 aliphatic rings. The number of hydrogen-bond donors (Lipinski definition) is 2. The number of hydrogen-bond acceptors (Lipinski definition) is 3. The summed E-state index contributed by atoms with van der Waals surface area (Å²) in [7, 11) is 0. The van der Waals surface area contributed by atoms with Crippen LogP contribution < -0.4 is 5.32 Å². The second-order valence-corrected chi connectivity index (χ2v) is 5.63. The maximum absolute atomic E-state index is 13.9. The summed E-state index contributed by atoms with van der Waals surface area (Å²) in [5.74, 6) is -2.02. The minimum atomic E-state index is -1.04. The average Bonchev–Trinajstić information content (AvgIpc) is 3.28. The van der Waals surface area contributed by atoms with Gasteiger partial charge in [-0.2, -0.15) is 5.10 Å². The highest BCUT2D eigenvalue weighted by atomic mass is 19.1. The van der Waals surface area contributed by atoms with Gasteiger partial charge in [-0.25, -0.2) is 13.9 Å². The zero-order valence-corrected chi connectivity index (χ0v) is 12.5. The van der Waals surface area contributed by atoms with Gasteiger partial charge in [0, 0.05) is 0 Å². The quantitative estimate of drug-likeness (QED) is 0.882. The summed E-state index contributed by atoms with van der Waals surface area (Å²) < 4.78 is 15.2. The molecular weight excluding hydrogens is 301 g/mol. The fourth-order valence-electron chi connectivity index (χ4n) is 2.53. The van der Waals surface area contributed by atoms with Crippen LogP contribution in [0.2, 0.25) is 0 Å². The lowest BCUT2D eigenvalue weighted by atomic mass is 10.1. The number of amides is 1. The zero-order valence-electron chi connectivity index (χ0n) is 12.5. The summed E-state index contributed by atoms with van der Waals surface area (Å²) in [5, 5.41) is 15.8. The van der Waals surface area contributed by atoms with E-state index in [-0.39, 0.29) is 17.2 Å². The van der Waals surface area contributed by atoms with E-state index in [0.29, 0.717) is 5.69 Å². The van der Waals surface area contributed by atoms with E-state index >= 15 is 0 Å². The molecule has 1 aromatic heterocycles. The Morgan fingerprint density at radius 2 is 2.09 bits per heavy atom. The Morgan fingerprint density at radius 1 is 1.39 bits per heavy atom. The molecule has 6 nitrogen and oxygen atoms in total. The number of carbonyl (C=O) groups is 2. The Labute approximate surface area is 131 Å². The predicted octanol–water partition coefficient (Wildman–Crippen LogP) is 1.91. The number of aromatic nitrogens is 2. The van der Waals surface area contributed by atoms with Crippen LogP contribution in [0.15, 0.2) is 30.5 Å². The molecule has 0 spiro atoms. The Bertz CT molecular complexity index is 768. The molecule has 23 heavy (non-hydrogen) atoms. The molecule has 1 unspecified atom stereocenters. The largest absolute Gasteiger partial charge is 0.480 e. The second kappa shape index (κ2) is 5.83. The fraction of sp³-hybridized carbons (Fsp3) is 0.312. The van der Waals surface area contributed by atoms with Crippen LogP contribution in [0.3, 0.4) is 0 Å². The first-order valence-electron chi connectivity index (χ1n) is 7.32. The van der Waals surface area contributed by atoms with Crippen LogP contribution >= 0.6 is 0 Å². The minimum Gasteiger partial charge on any atom is -0.480 e. The average molecular weight is 317 g/mol. The lowest BCUT2D eigenvalue weighted by Crippen LogP contribution is -2.42. The lowest BCUT2D eigenvalue weighted by molar-refractivity contribution is -0.139. The maximum atomic E-state index is 13.9. The van der Waals surface area contributed by atoms with Crippen molar-refractivity contribution in [2.24, 2.45) is 5.92 Å². The molecule has 0 bridgehead atoms. The first kappa shape index (κ1) is 15.2. The van der Waals surface area contributed by atoms with E-state index in [1.807, 2.05) is 0 Å². The SMILES string of the molecule is Cc1c(C(=O)NC(C(=O)O)C2CC2)cnn1-c1ccccc1F. The van der Waals surface area contributed by atoms with Crippen LogP contribution in [0.4, 0.5) is 4.39 Å². The molecule has 1 saturated carbocycles. The predicted molar refractivity (Wildman–Crippen MR) is 79.9 cm³/mol. The molecule has 120 valence electrons. The number of carbonyl (C=O) groups excluding carboxylic acids is 1. The number of nitrogens with zero attached hydrogens (tertiary/aromatic N) is 2. The van der Waals surface area contributed by atoms with Gasteiger partial charge in [0.1, 0.15) is 17.5 Å². The van der Waals surface area contributed by atoms with Crippen molar-refractivity contribution >= 4 is 11.9 Å². The fourth-order valence-corrected chi connectivity index (χ4v) is 2.53. The Kier molecular flexibility index (Phi) is 3.85. The molecule has 1 fully saturated rings. The number of para-hydroxylation sites is 1. The number of carboxylic acid groups (broad SMARTS) is 1. The van der Waals surface area contributed by atoms with Crippen LogP contribution in [-0.4, -0.2) is 32.8 Å². The summed E-state index contributed by atoms with van der Waals surface area (Å²) in [6.45, 7) is 1.64. The standard InChI is InChI=1S/C16H16FN3O3/c1-9-11(15(21)19-14(16(22)23)10-6-7-10)8-18-20(9)13-5-3-2-4-12(13)17/h2-5,8,10,14H,6-7H2,1H3,(H,19,21)(H,22,23). The Balaban J connectivity index is 1.85. The van der Waals surface area contributed by atoms with Crippen molar-refractivity contribution in [3.05, 3.63) is 47.5 Å². The lowest BCUT2D eigenvalue weighted by Gasteiger charge is -2.13. The number of aliphatic carboxylic acids is 1. The third-order valence-corrected chi connectivity index (χ3v) is 3.98. The zero-order chi connectivity index (χ0) is 16.6. The molecule has 3 rings (SSSR count). The van der Waals surface area contributed by atoms with Gasteiger partial charge in [0.15, 0.2) is 0 Å². The minimum absolute atomic E-state index is 0.0154. The van der Waals surface area contributed by atoms with Gasteiger partial charge in [0.2, 0.25) is 0 Å². The normalized spacial score (nSPS) is 15.2. The topological polar surface area (TPSA) is 84.2 Å². The molecule has 1 amide bonds. The number of benzene rings is 1. The highest BCUT2D eigenvalue weighted by molar-refractivity contribution is 5.97. The molecule has 1 aromatic carbocycles. The van der Waals surface area contributed by atoms with Gasteiger partial charge in [-0.15, -0.1) is 0 Å². The number of nitrogens with one attached hydrogen (secondary N) is 1. The van der Waals surface area contributed by atoms with Gasteiger partial charge in [-0.1, -0.05) is 12.1 Å². The van der Waals surface area contributed by atoms with E-state index in [9.17, 15) is 19.1 Å². The number of rotatable bonds is 5. The van der Waals surface area contributed by atoms with E-state index in [1.54, 1.807) is 25.1 Å². The summed E-state index contributed by atoms with van der Waals surface area (Å²) in [4.78, 5) is 23.5. The Morgan fingerprint density at radius 3 is 2.70 bits per heavy atom. The van der Waals surface area contributed by atoms with E-state index in [2.05, 4.69) is 10.4 Å². The van der Waals surface area contributed by atoms with Gasteiger partial charge < -0.3 is 10.4 Å². The van der Waals surface area contributed by atoms with Crippen molar-refractivity contribution in [1.29, 1.82) is 0 Å². The summed E-state index contributed by atoms with van der Waals surface area (Å²) in [6, 6.07) is 5.22. The van der Waals surface area contributed by atoms with Gasteiger partial charge >= 0.3 is 5.97 Å². The molecule has 2 N–H and O–H groups in total. The smallest absolute Gasteiger partial charge is 0.326 e. The Hall–Kier alpha value is -2.70. The first-order chi connectivity index (χ1) is 11.0. The van der Waals surface area contributed by atoms with Crippen LogP contribution in [0, 0.1) is 18.7 Å². The molecule has 0 radical (unpaired) electrons. The van der Waals surface area contributed by atoms with Gasteiger partial charge in [0.05, 0.1) is 17.5 Å². The molecule has 0 aliphatic heterocycles. The van der Waals surface area contributed by atoms with Crippen molar-refractivity contribution in [2.45, 2.75) is 25.8 Å². The van der Waals surface area contributed by atoms with Gasteiger partial charge in [0.25, 0.3) is 5.91 Å². The van der Waals surface area contributed by atoms with Crippen LogP contribution in [0.1, 0.15) is 28.9 Å². The van der Waals surface area contributed by atoms with Crippen molar-refractivity contribution in [1.82, 2.24) is 15.1 Å². The molecule has 1 aliphatic carbocycles. The summed E-state index contributed by atoms with van der Waals surface area (Å²) >= 11 is 0. The molecule has 1 atom stereocenters. The van der Waals surface area contributed by atoms with E-state index in [0.717, 1.165) is 12.8 Å². The van der Waals surface area contributed by atoms with Crippen molar-refractivity contribution in [2.75, 3.05) is 0 Å². The van der Waals surface area contributed by atoms with Crippen molar-refractivity contribution < 1.29 is 19.1 Å². The number of carboxylic acids is 1. The van der Waals surface area contributed by atoms with Crippen LogP contribution in [0.5, 0.6) is 0 Å². The van der Waals surface area contributed by atoms with Crippen LogP contribution in [-0.2, 0) is 4.79 Å². The molecule has 2 aromatic rings. The number of halogens is 1. The highest BCUT2D eigenvalue weighted by Crippen LogP contribution is 2.33. The third kappa shape index (κ3) is 2.94. The first-order valence-corrected chi connectivity index (χ1v) is 7.32. The van der Waals surface area contributed by atoms with Crippen molar-refractivity contribution in [3.63, 3.8) is 0 Å². The molecular formula is C16H16FN3O3. The van der Waals surface area contributed by atoms with Crippen molar-refractivity contribution in [3.8, 4) is 5.69 Å². The van der Waals surface area contributed by atoms with Gasteiger partial charge in [-0.3, -0.25) is 4.79 Å². The summed E-state index contributed by atoms with van der Waals surface area (Å²) in [6.07, 6.45) is 2.92. The van der Waals surface area contributed by atoms with Crippen LogP contribution in [0.25, 0.3) is 5.69 Å². The summed E-state index contributed by atoms with van der Waals surface area (Å²) in [5.41, 5.74) is 0.925. The van der Waals surface area contributed by atoms with E-state index in [4.69, 9.17) is 0 Å². The van der Waals surface area contributed by atoms with Gasteiger partial charge in [-0.05, 0) is 37.8 Å². The third-order valence-electron chi connectivity index (χ3n) is 3.98. The maximum Gasteiger partial charge on any atom is 0.326 e. The highest BCUT2D eigenvalue weighted by Gasteiger charge is 2.37. The monoisotopic (exact) mass is 317 g/mol. The van der Waals surface area contributed by atoms with E-state index in [1.165, 1.54) is 16.9 Å². The molecule has 7 heteroatoms. The molecule has 0 saturated heterocycles. The second-order valence-electron chi connectivity index (χ2n) is 5.63.